The SMILES string of the molecule is COc1ccc(C(=O)Nc2c(F)cccc2N2CCCC2)cn1. The molecule has 0 bridgehead atoms. The predicted molar refractivity (Wildman–Crippen MR) is 86.6 cm³/mol. The number of aromatic nitrogens is 1. The minimum Gasteiger partial charge on any atom is -0.481 e. The number of pyridine rings is 1. The average molecular weight is 315 g/mol. The van der Waals surface area contributed by atoms with Gasteiger partial charge in [-0.1, -0.05) is 6.07 Å². The number of hydrogen-bond donors (Lipinski definition) is 1. The van der Waals surface area contributed by atoms with Crippen LogP contribution in [-0.2, 0) is 0 Å². The van der Waals surface area contributed by atoms with E-state index < -0.39 is 11.7 Å². The Morgan fingerprint density at radius 3 is 2.70 bits per heavy atom. The van der Waals surface area contributed by atoms with Crippen molar-refractivity contribution < 1.29 is 13.9 Å². The first-order valence-electron chi connectivity index (χ1n) is 7.54. The number of methoxy groups -OCH3 is 1. The smallest absolute Gasteiger partial charge is 0.257 e. The summed E-state index contributed by atoms with van der Waals surface area (Å²) < 4.78 is 19.2. The second-order valence-electron chi connectivity index (χ2n) is 5.37. The third-order valence-electron chi connectivity index (χ3n) is 3.88. The summed E-state index contributed by atoms with van der Waals surface area (Å²) in [5.74, 6) is -0.417. The van der Waals surface area contributed by atoms with Crippen LogP contribution in [0.2, 0.25) is 0 Å². The molecular formula is C17H18FN3O2. The van der Waals surface area contributed by atoms with Crippen LogP contribution in [0.1, 0.15) is 23.2 Å². The highest BCUT2D eigenvalue weighted by Gasteiger charge is 2.20. The number of nitrogens with one attached hydrogen (secondary N) is 1. The Kier molecular flexibility index (Phi) is 4.41. The van der Waals surface area contributed by atoms with Gasteiger partial charge >= 0.3 is 0 Å². The minimum atomic E-state index is -0.441. The van der Waals surface area contributed by atoms with E-state index in [1.165, 1.54) is 19.4 Å². The maximum absolute atomic E-state index is 14.2. The van der Waals surface area contributed by atoms with Crippen LogP contribution in [0.4, 0.5) is 15.8 Å². The van der Waals surface area contributed by atoms with Gasteiger partial charge < -0.3 is 15.0 Å². The first-order valence-corrected chi connectivity index (χ1v) is 7.54. The van der Waals surface area contributed by atoms with Crippen molar-refractivity contribution in [2.45, 2.75) is 12.8 Å². The molecule has 1 N–H and O–H groups in total. The summed E-state index contributed by atoms with van der Waals surface area (Å²) in [7, 11) is 1.50. The number of nitrogens with zero attached hydrogens (tertiary/aromatic N) is 2. The van der Waals surface area contributed by atoms with E-state index in [2.05, 4.69) is 15.2 Å². The summed E-state index contributed by atoms with van der Waals surface area (Å²) in [5, 5.41) is 2.67. The van der Waals surface area contributed by atoms with Crippen LogP contribution in [0.5, 0.6) is 5.88 Å². The molecule has 6 heteroatoms. The molecule has 2 heterocycles. The molecule has 0 saturated carbocycles. The van der Waals surface area contributed by atoms with E-state index in [0.29, 0.717) is 11.4 Å². The lowest BCUT2D eigenvalue weighted by Gasteiger charge is -2.22. The minimum absolute atomic E-state index is 0.218. The summed E-state index contributed by atoms with van der Waals surface area (Å²) in [6.07, 6.45) is 3.56. The average Bonchev–Trinajstić information content (AvgIpc) is 3.11. The second kappa shape index (κ2) is 6.64. The fourth-order valence-electron chi connectivity index (χ4n) is 2.68. The predicted octanol–water partition coefficient (Wildman–Crippen LogP) is 3.08. The monoisotopic (exact) mass is 315 g/mol. The third-order valence-corrected chi connectivity index (χ3v) is 3.88. The molecule has 1 aliphatic heterocycles. The van der Waals surface area contributed by atoms with Gasteiger partial charge in [0.1, 0.15) is 11.5 Å². The summed E-state index contributed by atoms with van der Waals surface area (Å²) >= 11 is 0. The molecule has 23 heavy (non-hydrogen) atoms. The number of ether oxygens (including phenoxy) is 1. The normalized spacial score (nSPS) is 13.9. The Bertz CT molecular complexity index is 697. The molecule has 1 aliphatic rings. The molecule has 3 rings (SSSR count). The largest absolute Gasteiger partial charge is 0.481 e. The number of carbonyl (C=O) groups is 1. The molecule has 1 fully saturated rings. The van der Waals surface area contributed by atoms with E-state index in [1.54, 1.807) is 18.2 Å². The summed E-state index contributed by atoms with van der Waals surface area (Å²) in [4.78, 5) is 18.4. The van der Waals surface area contributed by atoms with Gasteiger partial charge in [-0.25, -0.2) is 9.37 Å². The van der Waals surface area contributed by atoms with Gasteiger partial charge in [0.2, 0.25) is 5.88 Å². The van der Waals surface area contributed by atoms with Crippen molar-refractivity contribution in [2.24, 2.45) is 0 Å². The lowest BCUT2D eigenvalue weighted by Crippen LogP contribution is -2.22. The van der Waals surface area contributed by atoms with Crippen LogP contribution < -0.4 is 15.0 Å². The van der Waals surface area contributed by atoms with E-state index in [-0.39, 0.29) is 5.69 Å². The molecule has 0 aliphatic carbocycles. The zero-order chi connectivity index (χ0) is 16.2. The van der Waals surface area contributed by atoms with Crippen molar-refractivity contribution in [3.8, 4) is 5.88 Å². The number of halogens is 1. The van der Waals surface area contributed by atoms with Gasteiger partial charge in [-0.2, -0.15) is 0 Å². The van der Waals surface area contributed by atoms with Gasteiger partial charge in [-0.05, 0) is 31.0 Å². The van der Waals surface area contributed by atoms with Crippen LogP contribution >= 0.6 is 0 Å². The number of hydrogen-bond acceptors (Lipinski definition) is 4. The third kappa shape index (κ3) is 3.26. The van der Waals surface area contributed by atoms with E-state index in [1.807, 2.05) is 6.07 Å². The second-order valence-corrected chi connectivity index (χ2v) is 5.37. The van der Waals surface area contributed by atoms with Crippen LogP contribution in [0.3, 0.4) is 0 Å². The van der Waals surface area contributed by atoms with Gasteiger partial charge in [0.05, 0.1) is 18.4 Å². The lowest BCUT2D eigenvalue weighted by atomic mass is 10.2. The summed E-state index contributed by atoms with van der Waals surface area (Å²) in [6, 6.07) is 8.03. The quantitative estimate of drug-likeness (QED) is 0.942. The van der Waals surface area contributed by atoms with Crippen LogP contribution in [0, 0.1) is 5.82 Å². The Balaban J connectivity index is 1.85. The Labute approximate surface area is 134 Å². The zero-order valence-electron chi connectivity index (χ0n) is 12.9. The zero-order valence-corrected chi connectivity index (χ0v) is 12.9. The highest BCUT2D eigenvalue weighted by molar-refractivity contribution is 6.05. The van der Waals surface area contributed by atoms with E-state index in [9.17, 15) is 9.18 Å². The molecule has 0 spiro atoms. The fourth-order valence-corrected chi connectivity index (χ4v) is 2.68. The van der Waals surface area contributed by atoms with Gasteiger partial charge in [0.25, 0.3) is 5.91 Å². The maximum Gasteiger partial charge on any atom is 0.257 e. The maximum atomic E-state index is 14.2. The van der Waals surface area contributed by atoms with Crippen molar-refractivity contribution >= 4 is 17.3 Å². The Morgan fingerprint density at radius 2 is 2.04 bits per heavy atom. The van der Waals surface area contributed by atoms with Gasteiger partial charge in [0.15, 0.2) is 0 Å². The first kappa shape index (κ1) is 15.3. The number of amides is 1. The lowest BCUT2D eigenvalue weighted by molar-refractivity contribution is 0.102. The Hall–Kier alpha value is -2.63. The van der Waals surface area contributed by atoms with Crippen molar-refractivity contribution in [1.82, 2.24) is 4.98 Å². The molecule has 2 aromatic rings. The molecule has 0 radical (unpaired) electrons. The number of benzene rings is 1. The van der Waals surface area contributed by atoms with Crippen LogP contribution in [-0.4, -0.2) is 31.1 Å². The highest BCUT2D eigenvalue weighted by atomic mass is 19.1. The summed E-state index contributed by atoms with van der Waals surface area (Å²) in [6.45, 7) is 1.74. The van der Waals surface area contributed by atoms with Crippen LogP contribution in [0.25, 0.3) is 0 Å². The molecule has 5 nitrogen and oxygen atoms in total. The number of para-hydroxylation sites is 1. The molecule has 1 saturated heterocycles. The van der Waals surface area contributed by atoms with Crippen molar-refractivity contribution in [1.29, 1.82) is 0 Å². The standard InChI is InChI=1S/C17H18FN3O2/c1-23-15-8-7-12(11-19-15)17(22)20-16-13(18)5-4-6-14(16)21-9-2-3-10-21/h4-8,11H,2-3,9-10H2,1H3,(H,20,22). The molecule has 0 unspecified atom stereocenters. The first-order chi connectivity index (χ1) is 11.2. The molecule has 1 aromatic carbocycles. The number of anilines is 2. The van der Waals surface area contributed by atoms with E-state index >= 15 is 0 Å². The van der Waals surface area contributed by atoms with Gasteiger partial charge in [-0.15, -0.1) is 0 Å². The summed E-state index contributed by atoms with van der Waals surface area (Å²) in [5.41, 5.74) is 1.29. The van der Waals surface area contributed by atoms with Gasteiger partial charge in [-0.3, -0.25) is 4.79 Å². The van der Waals surface area contributed by atoms with E-state index in [4.69, 9.17) is 4.74 Å². The molecule has 1 aromatic heterocycles. The van der Waals surface area contributed by atoms with E-state index in [0.717, 1.165) is 31.6 Å². The Morgan fingerprint density at radius 1 is 1.26 bits per heavy atom. The molecule has 0 atom stereocenters. The van der Waals surface area contributed by atoms with Crippen molar-refractivity contribution in [3.63, 3.8) is 0 Å². The van der Waals surface area contributed by atoms with Gasteiger partial charge in [0, 0.05) is 25.4 Å². The van der Waals surface area contributed by atoms with Crippen LogP contribution in [0.15, 0.2) is 36.5 Å². The number of rotatable bonds is 4. The molecular weight excluding hydrogens is 297 g/mol. The van der Waals surface area contributed by atoms with Crippen molar-refractivity contribution in [3.05, 3.63) is 47.9 Å². The topological polar surface area (TPSA) is 54.5 Å². The number of carbonyl (C=O) groups excluding carboxylic acids is 1. The fraction of sp³-hybridized carbons (Fsp3) is 0.294. The molecule has 120 valence electrons. The molecule has 1 amide bonds. The van der Waals surface area contributed by atoms with Crippen molar-refractivity contribution in [2.75, 3.05) is 30.4 Å². The highest BCUT2D eigenvalue weighted by Crippen LogP contribution is 2.31.